The number of aromatic nitrogens is 5. The fourth-order valence-electron chi connectivity index (χ4n) is 3.31. The van der Waals surface area contributed by atoms with Gasteiger partial charge >= 0.3 is 6.01 Å². The minimum absolute atomic E-state index is 0.0157. The standard InChI is InChI=1S/C24H16ClFN6O/c1-33-24-28-12-16(13-29-24)14-4-7-21-18(9-14)23(30-17-5-6-20(26)19(25)10-17)32-22(31-21)15-3-2-8-27-11-15/h2-13H,1H3,(H,30,31,32). The number of nitrogens with one attached hydrogen (secondary N) is 1. The summed E-state index contributed by atoms with van der Waals surface area (Å²) in [5.74, 6) is 0.553. The molecule has 3 heterocycles. The Morgan fingerprint density at radius 1 is 0.909 bits per heavy atom. The lowest BCUT2D eigenvalue weighted by molar-refractivity contribution is 0.380. The average molecular weight is 459 g/mol. The van der Waals surface area contributed by atoms with Gasteiger partial charge in [0.15, 0.2) is 5.82 Å². The van der Waals surface area contributed by atoms with Gasteiger partial charge in [-0.3, -0.25) is 4.98 Å². The third-order valence-corrected chi connectivity index (χ3v) is 5.23. The second kappa shape index (κ2) is 8.76. The number of nitrogens with zero attached hydrogens (tertiary/aromatic N) is 5. The van der Waals surface area contributed by atoms with Gasteiger partial charge in [0.2, 0.25) is 0 Å². The quantitative estimate of drug-likeness (QED) is 0.362. The summed E-state index contributed by atoms with van der Waals surface area (Å²) < 4.78 is 18.7. The van der Waals surface area contributed by atoms with Crippen LogP contribution in [0.25, 0.3) is 33.4 Å². The predicted molar refractivity (Wildman–Crippen MR) is 125 cm³/mol. The maximum absolute atomic E-state index is 13.7. The number of hydrogen-bond donors (Lipinski definition) is 1. The van der Waals surface area contributed by atoms with Gasteiger partial charge in [0.1, 0.15) is 11.6 Å². The maximum atomic E-state index is 13.7. The summed E-state index contributed by atoms with van der Waals surface area (Å²) in [7, 11) is 1.52. The third-order valence-electron chi connectivity index (χ3n) is 4.94. The topological polar surface area (TPSA) is 85.7 Å². The molecule has 162 valence electrons. The average Bonchev–Trinajstić information content (AvgIpc) is 2.86. The highest BCUT2D eigenvalue weighted by Gasteiger charge is 2.13. The molecule has 0 saturated heterocycles. The lowest BCUT2D eigenvalue weighted by atomic mass is 10.1. The van der Waals surface area contributed by atoms with Gasteiger partial charge in [0, 0.05) is 47.0 Å². The Bertz CT molecular complexity index is 1450. The van der Waals surface area contributed by atoms with Crippen LogP contribution in [0.4, 0.5) is 15.9 Å². The van der Waals surface area contributed by atoms with Crippen LogP contribution >= 0.6 is 11.6 Å². The molecule has 7 nitrogen and oxygen atoms in total. The normalized spacial score (nSPS) is 10.9. The van der Waals surface area contributed by atoms with Crippen molar-refractivity contribution in [3.8, 4) is 28.5 Å². The fraction of sp³-hybridized carbons (Fsp3) is 0.0417. The summed E-state index contributed by atoms with van der Waals surface area (Å²) in [6.45, 7) is 0. The molecule has 5 aromatic rings. The van der Waals surface area contributed by atoms with Crippen LogP contribution in [0.2, 0.25) is 5.02 Å². The van der Waals surface area contributed by atoms with Crippen LogP contribution in [0.1, 0.15) is 0 Å². The number of rotatable bonds is 5. The van der Waals surface area contributed by atoms with Crippen LogP contribution in [0.5, 0.6) is 6.01 Å². The van der Waals surface area contributed by atoms with Gasteiger partial charge in [-0.15, -0.1) is 0 Å². The summed E-state index contributed by atoms with van der Waals surface area (Å²) >= 11 is 5.98. The molecular weight excluding hydrogens is 443 g/mol. The molecule has 0 fully saturated rings. The van der Waals surface area contributed by atoms with E-state index in [0.29, 0.717) is 23.3 Å². The molecule has 0 radical (unpaired) electrons. The van der Waals surface area contributed by atoms with E-state index in [0.717, 1.165) is 27.6 Å². The van der Waals surface area contributed by atoms with Crippen molar-refractivity contribution in [1.29, 1.82) is 0 Å². The first-order valence-corrected chi connectivity index (χ1v) is 10.3. The lowest BCUT2D eigenvalue weighted by Gasteiger charge is -2.13. The van der Waals surface area contributed by atoms with E-state index in [2.05, 4.69) is 20.3 Å². The number of halogens is 2. The Morgan fingerprint density at radius 3 is 2.48 bits per heavy atom. The smallest absolute Gasteiger partial charge is 0.316 e. The lowest BCUT2D eigenvalue weighted by Crippen LogP contribution is -2.00. The predicted octanol–water partition coefficient (Wildman–Crippen LogP) is 5.69. The fourth-order valence-corrected chi connectivity index (χ4v) is 3.49. The summed E-state index contributed by atoms with van der Waals surface area (Å²) in [5.41, 5.74) is 3.77. The number of methoxy groups -OCH3 is 1. The molecule has 0 bridgehead atoms. The molecule has 0 saturated carbocycles. The van der Waals surface area contributed by atoms with Gasteiger partial charge < -0.3 is 10.1 Å². The highest BCUT2D eigenvalue weighted by molar-refractivity contribution is 6.31. The Labute approximate surface area is 193 Å². The number of fused-ring (bicyclic) bond motifs is 1. The van der Waals surface area contributed by atoms with Gasteiger partial charge in [-0.25, -0.2) is 24.3 Å². The van der Waals surface area contributed by atoms with Crippen LogP contribution < -0.4 is 10.1 Å². The van der Waals surface area contributed by atoms with Crippen molar-refractivity contribution in [3.63, 3.8) is 0 Å². The first-order valence-electron chi connectivity index (χ1n) is 9.91. The van der Waals surface area contributed by atoms with Crippen molar-refractivity contribution in [2.45, 2.75) is 0 Å². The number of benzene rings is 2. The summed E-state index contributed by atoms with van der Waals surface area (Å²) in [6.07, 6.45) is 6.76. The number of anilines is 2. The molecule has 33 heavy (non-hydrogen) atoms. The van der Waals surface area contributed by atoms with E-state index in [1.807, 2.05) is 30.3 Å². The van der Waals surface area contributed by atoms with E-state index in [4.69, 9.17) is 26.3 Å². The van der Waals surface area contributed by atoms with Crippen LogP contribution in [-0.4, -0.2) is 32.0 Å². The second-order valence-electron chi connectivity index (χ2n) is 7.08. The largest absolute Gasteiger partial charge is 0.467 e. The highest BCUT2D eigenvalue weighted by Crippen LogP contribution is 2.32. The van der Waals surface area contributed by atoms with Gasteiger partial charge in [0.05, 0.1) is 17.6 Å². The molecule has 0 aliphatic carbocycles. The summed E-state index contributed by atoms with van der Waals surface area (Å²) in [4.78, 5) is 22.0. The molecule has 0 spiro atoms. The monoisotopic (exact) mass is 458 g/mol. The molecule has 5 rings (SSSR count). The molecular formula is C24H16ClFN6O. The Hall–Kier alpha value is -4.17. The van der Waals surface area contributed by atoms with Crippen molar-refractivity contribution < 1.29 is 9.13 Å². The number of pyridine rings is 1. The van der Waals surface area contributed by atoms with Gasteiger partial charge in [0.25, 0.3) is 0 Å². The zero-order valence-corrected chi connectivity index (χ0v) is 18.1. The van der Waals surface area contributed by atoms with Crippen molar-refractivity contribution in [2.24, 2.45) is 0 Å². The van der Waals surface area contributed by atoms with Crippen molar-refractivity contribution in [2.75, 3.05) is 12.4 Å². The minimum Gasteiger partial charge on any atom is -0.467 e. The Morgan fingerprint density at radius 2 is 1.76 bits per heavy atom. The third kappa shape index (κ3) is 4.28. The van der Waals surface area contributed by atoms with E-state index in [9.17, 15) is 4.39 Å². The SMILES string of the molecule is COc1ncc(-c2ccc3nc(-c4cccnc4)nc(Nc4ccc(F)c(Cl)c4)c3c2)cn1. The van der Waals surface area contributed by atoms with Gasteiger partial charge in [-0.05, 0) is 48.0 Å². The summed E-state index contributed by atoms with van der Waals surface area (Å²) in [5, 5.41) is 4.02. The first kappa shape index (κ1) is 20.7. The zero-order valence-electron chi connectivity index (χ0n) is 17.3. The van der Waals surface area contributed by atoms with Crippen molar-refractivity contribution in [1.82, 2.24) is 24.9 Å². The van der Waals surface area contributed by atoms with Crippen LogP contribution in [0, 0.1) is 5.82 Å². The molecule has 0 aliphatic heterocycles. The maximum Gasteiger partial charge on any atom is 0.316 e. The molecule has 9 heteroatoms. The van der Waals surface area contributed by atoms with Crippen LogP contribution in [0.3, 0.4) is 0 Å². The highest BCUT2D eigenvalue weighted by atomic mass is 35.5. The number of ether oxygens (including phenoxy) is 1. The van der Waals surface area contributed by atoms with Gasteiger partial charge in [-0.1, -0.05) is 17.7 Å². The molecule has 3 aromatic heterocycles. The molecule has 0 amide bonds. The van der Waals surface area contributed by atoms with E-state index in [1.165, 1.54) is 19.2 Å². The summed E-state index contributed by atoms with van der Waals surface area (Å²) in [6, 6.07) is 14.2. The Balaban J connectivity index is 1.65. The van der Waals surface area contributed by atoms with Crippen LogP contribution in [-0.2, 0) is 0 Å². The molecule has 0 unspecified atom stereocenters. The molecule has 2 aromatic carbocycles. The van der Waals surface area contributed by atoms with Crippen molar-refractivity contribution in [3.05, 3.63) is 84.2 Å². The van der Waals surface area contributed by atoms with E-state index in [1.54, 1.807) is 30.9 Å². The molecule has 0 atom stereocenters. The van der Waals surface area contributed by atoms with E-state index in [-0.39, 0.29) is 5.02 Å². The number of hydrogen-bond acceptors (Lipinski definition) is 7. The van der Waals surface area contributed by atoms with Crippen molar-refractivity contribution >= 4 is 34.0 Å². The van der Waals surface area contributed by atoms with E-state index >= 15 is 0 Å². The van der Waals surface area contributed by atoms with E-state index < -0.39 is 5.82 Å². The molecule has 0 aliphatic rings. The molecule has 1 N–H and O–H groups in total. The Kier molecular flexibility index (Phi) is 5.50. The first-order chi connectivity index (χ1) is 16.1. The van der Waals surface area contributed by atoms with Gasteiger partial charge in [-0.2, -0.15) is 0 Å². The van der Waals surface area contributed by atoms with Crippen LogP contribution in [0.15, 0.2) is 73.3 Å². The second-order valence-corrected chi connectivity index (χ2v) is 7.49. The minimum atomic E-state index is -0.493. The zero-order chi connectivity index (χ0) is 22.8.